The maximum atomic E-state index is 5.61. The summed E-state index contributed by atoms with van der Waals surface area (Å²) >= 11 is 0. The van der Waals surface area contributed by atoms with Crippen molar-refractivity contribution in [1.82, 2.24) is 9.97 Å². The van der Waals surface area contributed by atoms with Crippen molar-refractivity contribution >= 4 is 16.9 Å². The molecule has 0 saturated carbocycles. The van der Waals surface area contributed by atoms with Crippen LogP contribution >= 0.6 is 0 Å². The molecule has 0 radical (unpaired) electrons. The summed E-state index contributed by atoms with van der Waals surface area (Å²) in [5.74, 6) is 0.508. The predicted octanol–water partition coefficient (Wildman–Crippen LogP) is 1.52. The Hall–Kier alpha value is -1.64. The molecular weight excluding hydrogens is 150 g/mol. The van der Waals surface area contributed by atoms with Crippen LogP contribution in [0.4, 0.5) is 5.82 Å². The van der Waals surface area contributed by atoms with Crippen LogP contribution in [0.5, 0.6) is 0 Å². The SMILES string of the molecule is Cc1nc2ccccc2nc1N. The fourth-order valence-corrected chi connectivity index (χ4v) is 1.10. The summed E-state index contributed by atoms with van der Waals surface area (Å²) in [5, 5.41) is 0. The zero-order chi connectivity index (χ0) is 8.55. The van der Waals surface area contributed by atoms with E-state index in [4.69, 9.17) is 5.73 Å². The summed E-state index contributed by atoms with van der Waals surface area (Å²) in [7, 11) is 0. The Bertz CT molecular complexity index is 383. The van der Waals surface area contributed by atoms with Crippen molar-refractivity contribution in [2.24, 2.45) is 0 Å². The first kappa shape index (κ1) is 7.03. The van der Waals surface area contributed by atoms with E-state index in [0.29, 0.717) is 5.82 Å². The minimum atomic E-state index is 0.508. The summed E-state index contributed by atoms with van der Waals surface area (Å²) in [6.07, 6.45) is 0. The fourth-order valence-electron chi connectivity index (χ4n) is 1.10. The van der Waals surface area contributed by atoms with Crippen LogP contribution in [0, 0.1) is 6.92 Å². The Morgan fingerprint density at radius 3 is 2.33 bits per heavy atom. The first-order valence-corrected chi connectivity index (χ1v) is 3.76. The van der Waals surface area contributed by atoms with Gasteiger partial charge in [0.05, 0.1) is 16.7 Å². The number of nitrogen functional groups attached to an aromatic ring is 1. The molecule has 2 rings (SSSR count). The van der Waals surface area contributed by atoms with Crippen LogP contribution in [0.25, 0.3) is 11.0 Å². The molecule has 0 fully saturated rings. The van der Waals surface area contributed by atoms with E-state index in [1.807, 2.05) is 31.2 Å². The van der Waals surface area contributed by atoms with Gasteiger partial charge in [-0.1, -0.05) is 12.1 Å². The lowest BCUT2D eigenvalue weighted by Gasteiger charge is -2.00. The van der Waals surface area contributed by atoms with Crippen molar-refractivity contribution in [2.45, 2.75) is 6.92 Å². The van der Waals surface area contributed by atoms with Gasteiger partial charge in [-0.15, -0.1) is 0 Å². The number of benzene rings is 1. The van der Waals surface area contributed by atoms with E-state index < -0.39 is 0 Å². The summed E-state index contributed by atoms with van der Waals surface area (Å²) in [6.45, 7) is 1.86. The van der Waals surface area contributed by atoms with Crippen LogP contribution in [0.2, 0.25) is 0 Å². The van der Waals surface area contributed by atoms with Gasteiger partial charge < -0.3 is 5.73 Å². The van der Waals surface area contributed by atoms with Crippen molar-refractivity contribution in [3.05, 3.63) is 30.0 Å². The second-order valence-electron chi connectivity index (χ2n) is 2.68. The average molecular weight is 159 g/mol. The van der Waals surface area contributed by atoms with Crippen molar-refractivity contribution in [1.29, 1.82) is 0 Å². The largest absolute Gasteiger partial charge is 0.382 e. The summed E-state index contributed by atoms with van der Waals surface area (Å²) in [6, 6.07) is 7.69. The number of hydrogen-bond donors (Lipinski definition) is 1. The molecule has 0 spiro atoms. The highest BCUT2D eigenvalue weighted by Gasteiger charge is 1.99. The monoisotopic (exact) mass is 159 g/mol. The third-order valence-corrected chi connectivity index (χ3v) is 1.78. The molecule has 0 saturated heterocycles. The minimum Gasteiger partial charge on any atom is -0.382 e. The molecule has 0 aliphatic carbocycles. The summed E-state index contributed by atoms with van der Waals surface area (Å²) < 4.78 is 0. The highest BCUT2D eigenvalue weighted by molar-refractivity contribution is 5.75. The molecule has 0 unspecified atom stereocenters. The number of nitrogens with two attached hydrogens (primary N) is 1. The molecule has 0 bridgehead atoms. The first-order valence-electron chi connectivity index (χ1n) is 3.76. The smallest absolute Gasteiger partial charge is 0.145 e. The lowest BCUT2D eigenvalue weighted by Crippen LogP contribution is -1.97. The van der Waals surface area contributed by atoms with Gasteiger partial charge in [-0.3, -0.25) is 0 Å². The van der Waals surface area contributed by atoms with Gasteiger partial charge in [0, 0.05) is 0 Å². The number of hydrogen-bond acceptors (Lipinski definition) is 3. The van der Waals surface area contributed by atoms with Gasteiger partial charge in [-0.05, 0) is 19.1 Å². The van der Waals surface area contributed by atoms with Crippen molar-refractivity contribution in [2.75, 3.05) is 5.73 Å². The number of para-hydroxylation sites is 2. The predicted molar refractivity (Wildman–Crippen MR) is 48.7 cm³/mol. The zero-order valence-corrected chi connectivity index (χ0v) is 6.78. The van der Waals surface area contributed by atoms with E-state index in [1.54, 1.807) is 0 Å². The molecule has 2 aromatic rings. The number of aromatic nitrogens is 2. The van der Waals surface area contributed by atoms with Crippen molar-refractivity contribution in [3.8, 4) is 0 Å². The van der Waals surface area contributed by atoms with Crippen molar-refractivity contribution < 1.29 is 0 Å². The topological polar surface area (TPSA) is 51.8 Å². The molecule has 0 atom stereocenters. The maximum Gasteiger partial charge on any atom is 0.145 e. The Kier molecular flexibility index (Phi) is 1.43. The Morgan fingerprint density at radius 2 is 1.67 bits per heavy atom. The lowest BCUT2D eigenvalue weighted by atomic mass is 10.3. The van der Waals surface area contributed by atoms with Gasteiger partial charge >= 0.3 is 0 Å². The van der Waals surface area contributed by atoms with Gasteiger partial charge in [-0.2, -0.15) is 0 Å². The van der Waals surface area contributed by atoms with Crippen LogP contribution < -0.4 is 5.73 Å². The van der Waals surface area contributed by atoms with Gasteiger partial charge in [-0.25, -0.2) is 9.97 Å². The Balaban J connectivity index is 2.84. The minimum absolute atomic E-state index is 0.508. The van der Waals surface area contributed by atoms with Crippen LogP contribution in [-0.4, -0.2) is 9.97 Å². The number of fused-ring (bicyclic) bond motifs is 1. The highest BCUT2D eigenvalue weighted by Crippen LogP contribution is 2.12. The van der Waals surface area contributed by atoms with Gasteiger partial charge in [0.25, 0.3) is 0 Å². The fraction of sp³-hybridized carbons (Fsp3) is 0.111. The molecule has 2 N–H and O–H groups in total. The standard InChI is InChI=1S/C9H9N3/c1-6-9(10)12-8-5-3-2-4-7(8)11-6/h2-5H,1H3,(H2,10,12). The second-order valence-corrected chi connectivity index (χ2v) is 2.68. The zero-order valence-electron chi connectivity index (χ0n) is 6.78. The molecule has 60 valence electrons. The van der Waals surface area contributed by atoms with Crippen LogP contribution in [0.3, 0.4) is 0 Å². The average Bonchev–Trinajstić information content (AvgIpc) is 2.07. The van der Waals surface area contributed by atoms with E-state index in [9.17, 15) is 0 Å². The molecule has 12 heavy (non-hydrogen) atoms. The van der Waals surface area contributed by atoms with Crippen LogP contribution in [0.15, 0.2) is 24.3 Å². The molecule has 1 heterocycles. The molecule has 0 amide bonds. The number of anilines is 1. The number of aryl methyl sites for hydroxylation is 1. The number of rotatable bonds is 0. The van der Waals surface area contributed by atoms with Crippen molar-refractivity contribution in [3.63, 3.8) is 0 Å². The third kappa shape index (κ3) is 0.993. The molecule has 3 heteroatoms. The quantitative estimate of drug-likeness (QED) is 0.634. The molecule has 1 aromatic heterocycles. The highest BCUT2D eigenvalue weighted by atomic mass is 14.9. The maximum absolute atomic E-state index is 5.61. The molecule has 3 nitrogen and oxygen atoms in total. The Morgan fingerprint density at radius 1 is 1.08 bits per heavy atom. The second kappa shape index (κ2) is 2.44. The van der Waals surface area contributed by atoms with E-state index >= 15 is 0 Å². The van der Waals surface area contributed by atoms with E-state index in [2.05, 4.69) is 9.97 Å². The van der Waals surface area contributed by atoms with Gasteiger partial charge in [0.1, 0.15) is 5.82 Å². The van der Waals surface area contributed by atoms with Gasteiger partial charge in [0.15, 0.2) is 0 Å². The molecular formula is C9H9N3. The third-order valence-electron chi connectivity index (χ3n) is 1.78. The van der Waals surface area contributed by atoms with Gasteiger partial charge in [0.2, 0.25) is 0 Å². The van der Waals surface area contributed by atoms with Crippen LogP contribution in [0.1, 0.15) is 5.69 Å². The molecule has 0 aliphatic rings. The lowest BCUT2D eigenvalue weighted by molar-refractivity contribution is 1.20. The van der Waals surface area contributed by atoms with E-state index in [1.165, 1.54) is 0 Å². The molecule has 0 aliphatic heterocycles. The normalized spacial score (nSPS) is 10.4. The van der Waals surface area contributed by atoms with Crippen LogP contribution in [-0.2, 0) is 0 Å². The van der Waals surface area contributed by atoms with E-state index in [-0.39, 0.29) is 0 Å². The number of nitrogens with zero attached hydrogens (tertiary/aromatic N) is 2. The summed E-state index contributed by atoms with van der Waals surface area (Å²) in [4.78, 5) is 8.48. The molecule has 1 aromatic carbocycles. The summed E-state index contributed by atoms with van der Waals surface area (Å²) in [5.41, 5.74) is 8.14. The Labute approximate surface area is 70.3 Å². The van der Waals surface area contributed by atoms with E-state index in [0.717, 1.165) is 16.7 Å². The first-order chi connectivity index (χ1) is 5.77.